The highest BCUT2D eigenvalue weighted by Crippen LogP contribution is 2.34. The molecule has 0 radical (unpaired) electrons. The summed E-state index contributed by atoms with van der Waals surface area (Å²) in [6.07, 6.45) is 1.57. The van der Waals surface area contributed by atoms with Crippen molar-refractivity contribution >= 4 is 16.7 Å². The Bertz CT molecular complexity index is 990. The quantitative estimate of drug-likeness (QED) is 0.766. The summed E-state index contributed by atoms with van der Waals surface area (Å²) in [6.45, 7) is 0. The van der Waals surface area contributed by atoms with E-state index in [1.807, 2.05) is 30.3 Å². The maximum absolute atomic E-state index is 12.8. The van der Waals surface area contributed by atoms with Gasteiger partial charge in [0.15, 0.2) is 11.5 Å². The largest absolute Gasteiger partial charge is 0.493 e. The van der Waals surface area contributed by atoms with E-state index < -0.39 is 11.9 Å². The second-order valence-electron chi connectivity index (χ2n) is 5.50. The lowest BCUT2D eigenvalue weighted by molar-refractivity contribution is 0.0941. The molecule has 0 bridgehead atoms. The van der Waals surface area contributed by atoms with Gasteiger partial charge in [0.05, 0.1) is 20.3 Å². The van der Waals surface area contributed by atoms with Crippen molar-refractivity contribution in [2.24, 2.45) is 0 Å². The summed E-state index contributed by atoms with van der Waals surface area (Å²) in [6, 6.07) is 15.7. The lowest BCUT2D eigenvalue weighted by Gasteiger charge is -2.17. The highest BCUT2D eigenvalue weighted by Gasteiger charge is 2.22. The Morgan fingerprint density at radius 2 is 1.92 bits per heavy atom. The van der Waals surface area contributed by atoms with Crippen molar-refractivity contribution < 1.29 is 14.3 Å². The zero-order valence-electron chi connectivity index (χ0n) is 14.4. The Kier molecular flexibility index (Phi) is 4.99. The Morgan fingerprint density at radius 3 is 2.65 bits per heavy atom. The molecule has 2 aromatic carbocycles. The van der Waals surface area contributed by atoms with Gasteiger partial charge in [-0.3, -0.25) is 9.78 Å². The molecule has 0 saturated carbocycles. The number of hydrogen-bond donors (Lipinski definition) is 1. The number of nitriles is 1. The first kappa shape index (κ1) is 17.2. The van der Waals surface area contributed by atoms with E-state index >= 15 is 0 Å². The molecule has 6 nitrogen and oxygen atoms in total. The molecule has 1 atom stereocenters. The summed E-state index contributed by atoms with van der Waals surface area (Å²) in [5, 5.41) is 13.9. The van der Waals surface area contributed by atoms with Crippen molar-refractivity contribution in [3.8, 4) is 17.6 Å². The number of carbonyl (C=O) groups excluding carboxylic acids is 1. The third-order valence-electron chi connectivity index (χ3n) is 4.04. The van der Waals surface area contributed by atoms with Gasteiger partial charge in [0.2, 0.25) is 0 Å². The molecule has 0 aliphatic heterocycles. The Labute approximate surface area is 151 Å². The van der Waals surface area contributed by atoms with E-state index in [1.54, 1.807) is 24.4 Å². The van der Waals surface area contributed by atoms with Gasteiger partial charge in [0, 0.05) is 17.1 Å². The molecular weight excluding hydrogens is 330 g/mol. The van der Waals surface area contributed by atoms with E-state index in [2.05, 4.69) is 16.4 Å². The maximum atomic E-state index is 12.8. The van der Waals surface area contributed by atoms with Gasteiger partial charge in [-0.05, 0) is 17.5 Å². The van der Waals surface area contributed by atoms with E-state index in [-0.39, 0.29) is 5.69 Å². The molecule has 6 heteroatoms. The highest BCUT2D eigenvalue weighted by molar-refractivity contribution is 6.05. The normalized spacial score (nSPS) is 11.4. The Balaban J connectivity index is 1.96. The third kappa shape index (κ3) is 3.15. The lowest BCUT2D eigenvalue weighted by atomic mass is 10.0. The topological polar surface area (TPSA) is 84.2 Å². The first-order valence-electron chi connectivity index (χ1n) is 7.94. The second-order valence-corrected chi connectivity index (χ2v) is 5.50. The molecule has 0 spiro atoms. The van der Waals surface area contributed by atoms with Gasteiger partial charge < -0.3 is 14.8 Å². The van der Waals surface area contributed by atoms with Crippen LogP contribution in [-0.4, -0.2) is 25.1 Å². The van der Waals surface area contributed by atoms with Crippen molar-refractivity contribution in [1.82, 2.24) is 10.3 Å². The number of carbonyl (C=O) groups is 1. The predicted molar refractivity (Wildman–Crippen MR) is 97.1 cm³/mol. The molecule has 0 unspecified atom stereocenters. The molecule has 0 saturated heterocycles. The Hall–Kier alpha value is -3.59. The number of methoxy groups -OCH3 is 2. The zero-order chi connectivity index (χ0) is 18.5. The number of ether oxygens (including phenoxy) is 2. The second kappa shape index (κ2) is 7.53. The molecular formula is C20H17N3O3. The van der Waals surface area contributed by atoms with Crippen LogP contribution < -0.4 is 14.8 Å². The summed E-state index contributed by atoms with van der Waals surface area (Å²) >= 11 is 0. The standard InChI is InChI=1S/C20H17N3O3/c1-25-17-9-5-8-15(19(17)26-2)16(12-21)23-20(24)18-14-7-4-3-6-13(14)10-11-22-18/h3-11,16H,1-2H3,(H,23,24)/t16-/m1/s1. The van der Waals surface area contributed by atoms with Crippen molar-refractivity contribution in [1.29, 1.82) is 5.26 Å². The maximum Gasteiger partial charge on any atom is 0.271 e. The van der Waals surface area contributed by atoms with Gasteiger partial charge in [0.1, 0.15) is 11.7 Å². The van der Waals surface area contributed by atoms with E-state index in [0.717, 1.165) is 10.8 Å². The van der Waals surface area contributed by atoms with Crippen LogP contribution in [0.1, 0.15) is 22.1 Å². The summed E-state index contributed by atoms with van der Waals surface area (Å²) in [5.74, 6) is 0.466. The number of para-hydroxylation sites is 1. The SMILES string of the molecule is COc1cccc([C@@H](C#N)NC(=O)c2nccc3ccccc23)c1OC. The van der Waals surface area contributed by atoms with Crippen molar-refractivity contribution in [3.63, 3.8) is 0 Å². The number of fused-ring (bicyclic) bond motifs is 1. The van der Waals surface area contributed by atoms with Crippen molar-refractivity contribution in [2.45, 2.75) is 6.04 Å². The smallest absolute Gasteiger partial charge is 0.271 e. The first-order chi connectivity index (χ1) is 12.7. The third-order valence-corrected chi connectivity index (χ3v) is 4.04. The summed E-state index contributed by atoms with van der Waals surface area (Å²) in [7, 11) is 3.01. The molecule has 0 aliphatic carbocycles. The molecule has 130 valence electrons. The van der Waals surface area contributed by atoms with Gasteiger partial charge in [-0.15, -0.1) is 0 Å². The van der Waals surface area contributed by atoms with Crippen molar-refractivity contribution in [2.75, 3.05) is 14.2 Å². The minimum Gasteiger partial charge on any atom is -0.493 e. The predicted octanol–water partition coefficient (Wildman–Crippen LogP) is 3.25. The lowest BCUT2D eigenvalue weighted by Crippen LogP contribution is -2.28. The highest BCUT2D eigenvalue weighted by atomic mass is 16.5. The van der Waals surface area contributed by atoms with E-state index in [1.165, 1.54) is 14.2 Å². The van der Waals surface area contributed by atoms with Crippen LogP contribution in [0.3, 0.4) is 0 Å². The van der Waals surface area contributed by atoms with Crippen molar-refractivity contribution in [3.05, 3.63) is 66.0 Å². The van der Waals surface area contributed by atoms with E-state index in [0.29, 0.717) is 17.1 Å². The summed E-state index contributed by atoms with van der Waals surface area (Å²) in [5.41, 5.74) is 0.785. The van der Waals surface area contributed by atoms with Gasteiger partial charge in [-0.25, -0.2) is 0 Å². The molecule has 1 N–H and O–H groups in total. The molecule has 3 aromatic rings. The number of amides is 1. The average Bonchev–Trinajstić information content (AvgIpc) is 2.70. The first-order valence-corrected chi connectivity index (χ1v) is 7.94. The molecule has 26 heavy (non-hydrogen) atoms. The molecule has 0 fully saturated rings. The molecule has 0 aliphatic rings. The monoisotopic (exact) mass is 347 g/mol. The minimum atomic E-state index is -0.909. The number of hydrogen-bond acceptors (Lipinski definition) is 5. The van der Waals surface area contributed by atoms with Gasteiger partial charge in [-0.2, -0.15) is 5.26 Å². The molecule has 1 heterocycles. The van der Waals surface area contributed by atoms with Crippen LogP contribution in [0.15, 0.2) is 54.7 Å². The fourth-order valence-electron chi connectivity index (χ4n) is 2.82. The average molecular weight is 347 g/mol. The van der Waals surface area contributed by atoms with Gasteiger partial charge in [-0.1, -0.05) is 36.4 Å². The van der Waals surface area contributed by atoms with Crippen LogP contribution >= 0.6 is 0 Å². The zero-order valence-corrected chi connectivity index (χ0v) is 14.4. The fraction of sp³-hybridized carbons (Fsp3) is 0.150. The molecule has 1 aromatic heterocycles. The van der Waals surface area contributed by atoms with E-state index in [4.69, 9.17) is 9.47 Å². The number of nitrogens with zero attached hydrogens (tertiary/aromatic N) is 2. The number of benzene rings is 2. The van der Waals surface area contributed by atoms with Crippen LogP contribution in [0, 0.1) is 11.3 Å². The van der Waals surface area contributed by atoms with Crippen LogP contribution in [0.5, 0.6) is 11.5 Å². The number of pyridine rings is 1. The number of aromatic nitrogens is 1. The number of nitrogens with one attached hydrogen (secondary N) is 1. The molecule has 1 amide bonds. The van der Waals surface area contributed by atoms with E-state index in [9.17, 15) is 10.1 Å². The number of rotatable bonds is 5. The Morgan fingerprint density at radius 1 is 1.12 bits per heavy atom. The fourth-order valence-corrected chi connectivity index (χ4v) is 2.82. The van der Waals surface area contributed by atoms with Crippen LogP contribution in [0.25, 0.3) is 10.8 Å². The van der Waals surface area contributed by atoms with Crippen LogP contribution in [0.4, 0.5) is 0 Å². The molecule has 3 rings (SSSR count). The summed E-state index contributed by atoms with van der Waals surface area (Å²) < 4.78 is 10.6. The minimum absolute atomic E-state index is 0.269. The van der Waals surface area contributed by atoms with Gasteiger partial charge >= 0.3 is 0 Å². The van der Waals surface area contributed by atoms with Crippen LogP contribution in [0.2, 0.25) is 0 Å². The van der Waals surface area contributed by atoms with Crippen LogP contribution in [-0.2, 0) is 0 Å². The summed E-state index contributed by atoms with van der Waals surface area (Å²) in [4.78, 5) is 16.9. The van der Waals surface area contributed by atoms with Gasteiger partial charge in [0.25, 0.3) is 5.91 Å².